The van der Waals surface area contributed by atoms with Gasteiger partial charge in [0.1, 0.15) is 0 Å². The summed E-state index contributed by atoms with van der Waals surface area (Å²) in [6.45, 7) is 12.1. The molecule has 11 heavy (non-hydrogen) atoms. The third-order valence-electron chi connectivity index (χ3n) is 1.79. The van der Waals surface area contributed by atoms with E-state index < -0.39 is 0 Å². The van der Waals surface area contributed by atoms with Crippen molar-refractivity contribution >= 4 is 0 Å². The molecule has 0 saturated carbocycles. The van der Waals surface area contributed by atoms with Gasteiger partial charge in [-0.25, -0.2) is 0 Å². The first-order valence-electron chi connectivity index (χ1n) is 4.00. The van der Waals surface area contributed by atoms with Crippen LogP contribution in [0.15, 0.2) is 12.3 Å². The number of nitrogens with two attached hydrogens (primary N) is 1. The Morgan fingerprint density at radius 3 is 2.18 bits per heavy atom. The van der Waals surface area contributed by atoms with Gasteiger partial charge >= 0.3 is 0 Å². The maximum absolute atomic E-state index is 5.43. The summed E-state index contributed by atoms with van der Waals surface area (Å²) >= 11 is 0. The van der Waals surface area contributed by atoms with Crippen LogP contribution in [0.3, 0.4) is 0 Å². The van der Waals surface area contributed by atoms with Gasteiger partial charge in [0.25, 0.3) is 0 Å². The lowest BCUT2D eigenvalue weighted by Gasteiger charge is -2.30. The van der Waals surface area contributed by atoms with Crippen molar-refractivity contribution in [1.29, 1.82) is 0 Å². The third kappa shape index (κ3) is 3.42. The van der Waals surface area contributed by atoms with E-state index in [0.29, 0.717) is 6.54 Å². The van der Waals surface area contributed by atoms with Crippen LogP contribution >= 0.6 is 0 Å². The summed E-state index contributed by atoms with van der Waals surface area (Å²) < 4.78 is 0. The van der Waals surface area contributed by atoms with Gasteiger partial charge < -0.3 is 10.6 Å². The van der Waals surface area contributed by atoms with E-state index in [0.717, 1.165) is 12.2 Å². The minimum absolute atomic E-state index is 0.157. The lowest BCUT2D eigenvalue weighted by atomic mass is 9.92. The topological polar surface area (TPSA) is 29.3 Å². The van der Waals surface area contributed by atoms with Crippen LogP contribution in [0.5, 0.6) is 0 Å². The number of hydrogen-bond donors (Lipinski definition) is 1. The lowest BCUT2D eigenvalue weighted by Crippen LogP contribution is -2.30. The molecular weight excluding hydrogens is 136 g/mol. The Morgan fingerprint density at radius 2 is 1.91 bits per heavy atom. The molecule has 0 fully saturated rings. The largest absolute Gasteiger partial charge is 0.377 e. The van der Waals surface area contributed by atoms with Gasteiger partial charge in [-0.15, -0.1) is 0 Å². The molecule has 0 amide bonds. The summed E-state index contributed by atoms with van der Waals surface area (Å²) in [6, 6.07) is 0. The second-order valence-corrected chi connectivity index (χ2v) is 3.91. The maximum Gasteiger partial charge on any atom is 0.0294 e. The first-order valence-corrected chi connectivity index (χ1v) is 4.00. The molecule has 0 radical (unpaired) electrons. The number of allylic oxidation sites excluding steroid dienone is 1. The van der Waals surface area contributed by atoms with Crippen LogP contribution in [0.1, 0.15) is 20.8 Å². The van der Waals surface area contributed by atoms with Gasteiger partial charge in [-0.2, -0.15) is 0 Å². The van der Waals surface area contributed by atoms with E-state index >= 15 is 0 Å². The van der Waals surface area contributed by atoms with Crippen molar-refractivity contribution in [1.82, 2.24) is 4.90 Å². The molecule has 2 N–H and O–H groups in total. The predicted molar refractivity (Wildman–Crippen MR) is 50.3 cm³/mol. The summed E-state index contributed by atoms with van der Waals surface area (Å²) in [4.78, 5) is 2.11. The van der Waals surface area contributed by atoms with Crippen molar-refractivity contribution in [2.24, 2.45) is 11.1 Å². The minimum Gasteiger partial charge on any atom is -0.377 e. The molecule has 0 unspecified atom stereocenters. The van der Waals surface area contributed by atoms with Crippen LogP contribution in [-0.4, -0.2) is 25.0 Å². The van der Waals surface area contributed by atoms with E-state index in [2.05, 4.69) is 32.3 Å². The Hall–Kier alpha value is -0.500. The fraction of sp³-hybridized carbons (Fsp3) is 0.778. The van der Waals surface area contributed by atoms with Crippen molar-refractivity contribution < 1.29 is 0 Å². The highest BCUT2D eigenvalue weighted by Crippen LogP contribution is 2.24. The smallest absolute Gasteiger partial charge is 0.0294 e. The van der Waals surface area contributed by atoms with Crippen LogP contribution in [-0.2, 0) is 0 Å². The molecule has 0 aliphatic carbocycles. The lowest BCUT2D eigenvalue weighted by molar-refractivity contribution is 0.318. The summed E-state index contributed by atoms with van der Waals surface area (Å²) in [5, 5.41) is 0. The van der Waals surface area contributed by atoms with Gasteiger partial charge in [0.05, 0.1) is 0 Å². The number of nitrogens with zero attached hydrogens (tertiary/aromatic N) is 1. The summed E-state index contributed by atoms with van der Waals surface area (Å²) in [5.74, 6) is 0. The summed E-state index contributed by atoms with van der Waals surface area (Å²) in [6.07, 6.45) is 0. The molecule has 0 heterocycles. The van der Waals surface area contributed by atoms with E-state index in [-0.39, 0.29) is 5.41 Å². The predicted octanol–water partition coefficient (Wildman–Crippen LogP) is 1.44. The Kier molecular flexibility index (Phi) is 3.59. The summed E-state index contributed by atoms with van der Waals surface area (Å²) in [5.41, 5.74) is 6.73. The van der Waals surface area contributed by atoms with E-state index in [1.54, 1.807) is 0 Å². The second kappa shape index (κ2) is 3.77. The molecule has 2 heteroatoms. The van der Waals surface area contributed by atoms with Gasteiger partial charge in [0.15, 0.2) is 0 Å². The fourth-order valence-electron chi connectivity index (χ4n) is 0.901. The highest BCUT2D eigenvalue weighted by molar-refractivity contribution is 5.03. The second-order valence-electron chi connectivity index (χ2n) is 3.91. The number of hydrogen-bond acceptors (Lipinski definition) is 2. The first kappa shape index (κ1) is 10.5. The van der Waals surface area contributed by atoms with Crippen molar-refractivity contribution in [2.45, 2.75) is 20.8 Å². The molecule has 2 nitrogen and oxygen atoms in total. The molecule has 0 saturated heterocycles. The Labute approximate surface area is 70.1 Å². The van der Waals surface area contributed by atoms with E-state index in [1.165, 1.54) is 0 Å². The van der Waals surface area contributed by atoms with Gasteiger partial charge in [0.2, 0.25) is 0 Å². The molecule has 0 bridgehead atoms. The zero-order valence-corrected chi connectivity index (χ0v) is 8.15. The van der Waals surface area contributed by atoms with Crippen LogP contribution in [0.2, 0.25) is 0 Å². The van der Waals surface area contributed by atoms with Crippen molar-refractivity contribution in [3.63, 3.8) is 0 Å². The zero-order chi connectivity index (χ0) is 9.07. The Morgan fingerprint density at radius 1 is 1.45 bits per heavy atom. The normalized spacial score (nSPS) is 11.4. The quantitative estimate of drug-likeness (QED) is 0.670. The SMILES string of the molecule is C=C(N(C)CCN)C(C)(C)C. The average molecular weight is 156 g/mol. The highest BCUT2D eigenvalue weighted by atomic mass is 15.1. The molecule has 0 spiro atoms. The monoisotopic (exact) mass is 156 g/mol. The molecular formula is C9H20N2. The van der Waals surface area contributed by atoms with Gasteiger partial charge in [0, 0.05) is 31.2 Å². The zero-order valence-electron chi connectivity index (χ0n) is 8.15. The first-order chi connectivity index (χ1) is 4.89. The van der Waals surface area contributed by atoms with E-state index in [1.807, 2.05) is 7.05 Å². The fourth-order valence-corrected chi connectivity index (χ4v) is 0.901. The van der Waals surface area contributed by atoms with Crippen molar-refractivity contribution in [3.05, 3.63) is 12.3 Å². The minimum atomic E-state index is 0.157. The summed E-state index contributed by atoms with van der Waals surface area (Å²) in [7, 11) is 2.03. The molecule has 0 aromatic carbocycles. The van der Waals surface area contributed by atoms with Crippen molar-refractivity contribution in [2.75, 3.05) is 20.1 Å². The van der Waals surface area contributed by atoms with Gasteiger partial charge in [-0.3, -0.25) is 0 Å². The molecule has 0 aromatic heterocycles. The molecule has 0 aromatic rings. The molecule has 0 aliphatic rings. The highest BCUT2D eigenvalue weighted by Gasteiger charge is 2.17. The van der Waals surface area contributed by atoms with E-state index in [4.69, 9.17) is 5.73 Å². The number of likely N-dealkylation sites (N-methyl/N-ethyl adjacent to an activating group) is 1. The Bertz CT molecular complexity index is 133. The molecule has 0 atom stereocenters. The maximum atomic E-state index is 5.43. The van der Waals surface area contributed by atoms with Crippen LogP contribution < -0.4 is 5.73 Å². The van der Waals surface area contributed by atoms with E-state index in [9.17, 15) is 0 Å². The van der Waals surface area contributed by atoms with Gasteiger partial charge in [-0.1, -0.05) is 27.4 Å². The molecule has 0 aliphatic heterocycles. The number of rotatable bonds is 3. The standard InChI is InChI=1S/C9H20N2/c1-8(9(2,3)4)11(5)7-6-10/h1,6-7,10H2,2-5H3. The van der Waals surface area contributed by atoms with Crippen LogP contribution in [0.4, 0.5) is 0 Å². The van der Waals surface area contributed by atoms with Crippen LogP contribution in [0, 0.1) is 5.41 Å². The van der Waals surface area contributed by atoms with Crippen LogP contribution in [0.25, 0.3) is 0 Å². The van der Waals surface area contributed by atoms with Crippen molar-refractivity contribution in [3.8, 4) is 0 Å². The molecule has 66 valence electrons. The van der Waals surface area contributed by atoms with Gasteiger partial charge in [-0.05, 0) is 0 Å². The third-order valence-corrected chi connectivity index (χ3v) is 1.79. The molecule has 0 rings (SSSR count). The Balaban J connectivity index is 4.03. The average Bonchev–Trinajstić information content (AvgIpc) is 1.85.